The van der Waals surface area contributed by atoms with Gasteiger partial charge in [0.05, 0.1) is 17.8 Å². The Morgan fingerprint density at radius 1 is 1.17 bits per heavy atom. The number of aryl methyl sites for hydroxylation is 1. The standard InChI is InChI=1S/C25H19FN6O3/c1-14-3-4-16(22-30-25(35-31-22)18-12-19(18)26)11-20(14)29-23(33)21-13-27-24(34-21)15-5-7-17(8-6-15)32-10-2-9-28-32/h2-11,13,18-19H,12H2,1H3,(H,29,33)/t18-,19-/m0/s1. The first kappa shape index (κ1) is 21.0. The molecule has 3 aromatic heterocycles. The molecule has 9 nitrogen and oxygen atoms in total. The van der Waals surface area contributed by atoms with Gasteiger partial charge < -0.3 is 14.3 Å². The number of hydrogen-bond acceptors (Lipinski definition) is 7. The molecule has 0 spiro atoms. The van der Waals surface area contributed by atoms with Crippen LogP contribution in [0, 0.1) is 6.92 Å². The number of benzene rings is 2. The van der Waals surface area contributed by atoms with E-state index < -0.39 is 12.1 Å². The predicted molar refractivity (Wildman–Crippen MR) is 124 cm³/mol. The molecular weight excluding hydrogens is 451 g/mol. The van der Waals surface area contributed by atoms with Gasteiger partial charge in [0, 0.05) is 29.2 Å². The van der Waals surface area contributed by atoms with Gasteiger partial charge in [-0.2, -0.15) is 10.1 Å². The van der Waals surface area contributed by atoms with Gasteiger partial charge in [-0.05, 0) is 55.3 Å². The molecule has 5 aromatic rings. The summed E-state index contributed by atoms with van der Waals surface area (Å²) in [5.74, 6) is 0.289. The molecule has 1 saturated carbocycles. The second-order valence-electron chi connectivity index (χ2n) is 8.33. The van der Waals surface area contributed by atoms with Crippen LogP contribution in [0.15, 0.2) is 76.1 Å². The number of nitrogens with one attached hydrogen (secondary N) is 1. The van der Waals surface area contributed by atoms with E-state index in [1.165, 1.54) is 6.20 Å². The Labute approximate surface area is 198 Å². The summed E-state index contributed by atoms with van der Waals surface area (Å²) in [5, 5.41) is 11.0. The van der Waals surface area contributed by atoms with E-state index in [0.717, 1.165) is 16.8 Å². The summed E-state index contributed by atoms with van der Waals surface area (Å²) in [7, 11) is 0. The van der Waals surface area contributed by atoms with Crippen molar-refractivity contribution in [3.05, 3.63) is 84.3 Å². The molecule has 3 heterocycles. The molecule has 174 valence electrons. The van der Waals surface area contributed by atoms with E-state index in [1.54, 1.807) is 16.9 Å². The summed E-state index contributed by atoms with van der Waals surface area (Å²) in [4.78, 5) is 21.4. The van der Waals surface area contributed by atoms with Gasteiger partial charge in [-0.25, -0.2) is 14.1 Å². The van der Waals surface area contributed by atoms with Gasteiger partial charge >= 0.3 is 0 Å². The molecule has 10 heteroatoms. The Bertz CT molecular complexity index is 1510. The second kappa shape index (κ2) is 8.32. The average Bonchev–Trinajstić information content (AvgIpc) is 3.39. The van der Waals surface area contributed by atoms with Crippen molar-refractivity contribution >= 4 is 11.6 Å². The molecule has 1 amide bonds. The Balaban J connectivity index is 1.18. The predicted octanol–water partition coefficient (Wildman–Crippen LogP) is 4.96. The second-order valence-corrected chi connectivity index (χ2v) is 8.33. The number of alkyl halides is 1. The molecule has 35 heavy (non-hydrogen) atoms. The maximum atomic E-state index is 13.3. The van der Waals surface area contributed by atoms with Gasteiger partial charge in [0.1, 0.15) is 6.17 Å². The highest BCUT2D eigenvalue weighted by Crippen LogP contribution is 2.43. The fourth-order valence-corrected chi connectivity index (χ4v) is 3.69. The summed E-state index contributed by atoms with van der Waals surface area (Å²) in [6, 6.07) is 14.7. The molecule has 2 aromatic carbocycles. The highest BCUT2D eigenvalue weighted by atomic mass is 19.1. The van der Waals surface area contributed by atoms with Crippen LogP contribution in [0.25, 0.3) is 28.5 Å². The Hall–Kier alpha value is -4.60. The zero-order valence-corrected chi connectivity index (χ0v) is 18.6. The van der Waals surface area contributed by atoms with E-state index in [9.17, 15) is 9.18 Å². The van der Waals surface area contributed by atoms with Crippen LogP contribution in [0.1, 0.15) is 34.3 Å². The summed E-state index contributed by atoms with van der Waals surface area (Å²) < 4.78 is 25.9. The highest BCUT2D eigenvalue weighted by molar-refractivity contribution is 6.03. The molecule has 1 fully saturated rings. The van der Waals surface area contributed by atoms with Gasteiger partial charge in [-0.1, -0.05) is 17.3 Å². The number of carbonyl (C=O) groups is 1. The largest absolute Gasteiger partial charge is 0.431 e. The van der Waals surface area contributed by atoms with Crippen LogP contribution in [0.5, 0.6) is 0 Å². The molecule has 0 bridgehead atoms. The third-order valence-electron chi connectivity index (χ3n) is 5.83. The average molecular weight is 470 g/mol. The van der Waals surface area contributed by atoms with Crippen LogP contribution in [0.4, 0.5) is 10.1 Å². The molecule has 2 atom stereocenters. The third-order valence-corrected chi connectivity index (χ3v) is 5.83. The Morgan fingerprint density at radius 3 is 2.71 bits per heavy atom. The molecule has 0 unspecified atom stereocenters. The SMILES string of the molecule is Cc1ccc(-c2noc([C@H]3C[C@@H]3F)n2)cc1NC(=O)c1cnc(-c2ccc(-n3cccn3)cc2)o1. The lowest BCUT2D eigenvalue weighted by Gasteiger charge is -2.08. The lowest BCUT2D eigenvalue weighted by molar-refractivity contribution is 0.0997. The van der Waals surface area contributed by atoms with Crippen molar-refractivity contribution in [2.75, 3.05) is 5.32 Å². The molecule has 0 aliphatic heterocycles. The van der Waals surface area contributed by atoms with Crippen LogP contribution < -0.4 is 5.32 Å². The van der Waals surface area contributed by atoms with Gasteiger partial charge in [-0.15, -0.1) is 0 Å². The van der Waals surface area contributed by atoms with Gasteiger partial charge in [-0.3, -0.25) is 4.79 Å². The number of carbonyl (C=O) groups excluding carboxylic acids is 1. The summed E-state index contributed by atoms with van der Waals surface area (Å²) >= 11 is 0. The van der Waals surface area contributed by atoms with E-state index in [-0.39, 0.29) is 11.7 Å². The van der Waals surface area contributed by atoms with Gasteiger partial charge in [0.25, 0.3) is 5.91 Å². The summed E-state index contributed by atoms with van der Waals surface area (Å²) in [5.41, 5.74) is 3.68. The molecule has 1 aliphatic carbocycles. The van der Waals surface area contributed by atoms with Crippen LogP contribution in [-0.2, 0) is 0 Å². The Morgan fingerprint density at radius 2 is 1.97 bits per heavy atom. The zero-order valence-electron chi connectivity index (χ0n) is 18.6. The maximum Gasteiger partial charge on any atom is 0.293 e. The third kappa shape index (κ3) is 4.10. The van der Waals surface area contributed by atoms with Crippen molar-refractivity contribution in [1.29, 1.82) is 0 Å². The normalized spacial score (nSPS) is 16.9. The van der Waals surface area contributed by atoms with E-state index in [1.807, 2.05) is 55.6 Å². The fraction of sp³-hybridized carbons (Fsp3) is 0.160. The number of nitrogens with zero attached hydrogens (tertiary/aromatic N) is 5. The van der Waals surface area contributed by atoms with E-state index in [4.69, 9.17) is 8.94 Å². The lowest BCUT2D eigenvalue weighted by Crippen LogP contribution is -2.12. The number of aromatic nitrogens is 5. The number of oxazole rings is 1. The quantitative estimate of drug-likeness (QED) is 0.373. The minimum Gasteiger partial charge on any atom is -0.431 e. The first-order valence-electron chi connectivity index (χ1n) is 11.0. The molecule has 1 N–H and O–H groups in total. The number of hydrogen-bond donors (Lipinski definition) is 1. The summed E-state index contributed by atoms with van der Waals surface area (Å²) in [6.07, 6.45) is 4.43. The van der Waals surface area contributed by atoms with Crippen molar-refractivity contribution in [2.45, 2.75) is 25.4 Å². The van der Waals surface area contributed by atoms with E-state index in [2.05, 4.69) is 25.5 Å². The highest BCUT2D eigenvalue weighted by Gasteiger charge is 2.43. The van der Waals surface area contributed by atoms with Gasteiger partial charge in [0.15, 0.2) is 0 Å². The minimum atomic E-state index is -0.919. The monoisotopic (exact) mass is 470 g/mol. The first-order chi connectivity index (χ1) is 17.0. The molecule has 1 aliphatic rings. The van der Waals surface area contributed by atoms with Crippen LogP contribution in [0.3, 0.4) is 0 Å². The van der Waals surface area contributed by atoms with Crippen molar-refractivity contribution in [2.24, 2.45) is 0 Å². The molecule has 0 saturated heterocycles. The Kier molecular flexibility index (Phi) is 4.98. The smallest absolute Gasteiger partial charge is 0.293 e. The number of anilines is 1. The van der Waals surface area contributed by atoms with Crippen LogP contribution in [-0.4, -0.2) is 37.0 Å². The first-order valence-corrected chi connectivity index (χ1v) is 11.0. The van der Waals surface area contributed by atoms with Crippen molar-refractivity contribution < 1.29 is 18.1 Å². The summed E-state index contributed by atoms with van der Waals surface area (Å²) in [6.45, 7) is 1.87. The molecule has 6 rings (SSSR count). The van der Waals surface area contributed by atoms with Crippen molar-refractivity contribution in [1.82, 2.24) is 24.9 Å². The molecule has 0 radical (unpaired) electrons. The van der Waals surface area contributed by atoms with Crippen LogP contribution in [0.2, 0.25) is 0 Å². The number of amides is 1. The number of rotatable bonds is 6. The van der Waals surface area contributed by atoms with Crippen LogP contribution >= 0.6 is 0 Å². The lowest BCUT2D eigenvalue weighted by atomic mass is 10.1. The van der Waals surface area contributed by atoms with Crippen molar-refractivity contribution in [3.63, 3.8) is 0 Å². The zero-order chi connectivity index (χ0) is 23.9. The van der Waals surface area contributed by atoms with Crippen molar-refractivity contribution in [3.8, 4) is 28.5 Å². The maximum absolute atomic E-state index is 13.3. The molecular formula is C25H19FN6O3. The number of halogens is 1. The van der Waals surface area contributed by atoms with E-state index >= 15 is 0 Å². The van der Waals surface area contributed by atoms with E-state index in [0.29, 0.717) is 35.3 Å². The minimum absolute atomic E-state index is 0.0746. The fourth-order valence-electron chi connectivity index (χ4n) is 3.69. The van der Waals surface area contributed by atoms with Gasteiger partial charge in [0.2, 0.25) is 23.4 Å². The topological polar surface area (TPSA) is 112 Å².